The highest BCUT2D eigenvalue weighted by Gasteiger charge is 2.77. The van der Waals surface area contributed by atoms with E-state index in [4.69, 9.17) is 27.6 Å². The predicted octanol–water partition coefficient (Wildman–Crippen LogP) is 3.57. The maximum absolute atomic E-state index is 14.2. The Hall–Kier alpha value is -3.86. The van der Waals surface area contributed by atoms with Crippen LogP contribution in [-0.2, 0) is 25.8 Å². The summed E-state index contributed by atoms with van der Waals surface area (Å²) in [5.41, 5.74) is -1.84. The van der Waals surface area contributed by atoms with Crippen molar-refractivity contribution in [2.75, 3.05) is 29.3 Å². The molecule has 1 saturated carbocycles. The minimum absolute atomic E-state index is 0.0197. The number of rotatable bonds is 7. The zero-order valence-electron chi connectivity index (χ0n) is 24.0. The molecule has 242 valence electrons. The molecule has 15 nitrogen and oxygen atoms in total. The Morgan fingerprint density at radius 1 is 1.04 bits per heavy atom. The molecule has 1 N–H and O–H groups in total. The molecule has 2 saturated heterocycles. The molecule has 0 radical (unpaired) electrons. The zero-order valence-corrected chi connectivity index (χ0v) is 27.1. The van der Waals surface area contributed by atoms with Crippen molar-refractivity contribution in [3.63, 3.8) is 0 Å². The van der Waals surface area contributed by atoms with Crippen LogP contribution < -0.4 is 9.80 Å². The van der Waals surface area contributed by atoms with Crippen molar-refractivity contribution in [1.29, 1.82) is 0 Å². The minimum Gasteiger partial charge on any atom is -0.463 e. The number of carbonyl (C=O) groups is 4. The summed E-state index contributed by atoms with van der Waals surface area (Å²) < 4.78 is 5.82. The molecule has 18 heteroatoms. The maximum atomic E-state index is 14.2. The summed E-state index contributed by atoms with van der Waals surface area (Å²) in [4.78, 5) is 76.4. The number of fused-ring (bicyclic) bond motifs is 4. The van der Waals surface area contributed by atoms with Gasteiger partial charge in [-0.3, -0.25) is 44.3 Å². The summed E-state index contributed by atoms with van der Waals surface area (Å²) in [5.74, 6) is -7.21. The van der Waals surface area contributed by atoms with E-state index in [0.717, 1.165) is 17.0 Å². The Morgan fingerprint density at radius 2 is 1.67 bits per heavy atom. The number of furan rings is 1. The number of aliphatic hydroxyl groups excluding tert-OH is 1. The van der Waals surface area contributed by atoms with Gasteiger partial charge in [0.25, 0.3) is 11.8 Å². The van der Waals surface area contributed by atoms with Crippen molar-refractivity contribution in [3.05, 3.63) is 67.7 Å². The minimum atomic E-state index is -2.10. The van der Waals surface area contributed by atoms with Gasteiger partial charge in [0.15, 0.2) is 15.4 Å². The van der Waals surface area contributed by atoms with Crippen LogP contribution in [0.15, 0.2) is 40.3 Å². The molecule has 46 heavy (non-hydrogen) atoms. The standard InChI is InChI=1S/C28H24BrCl2N5O10/c1-32(2)22-17(35(42)43)7-12(8-18(22)36(44)45)34-23(38)15-5-4-14-16(20(15)24(34)39)9-27(30)25(40)33(11-29)26(41)28(27,31)21(14)19-6-3-13(10-37)46-19/h3-4,6-8,15-16,20-21,37H,5,9-11H2,1-2H3. The first-order valence-corrected chi connectivity index (χ1v) is 15.7. The molecular weight excluding hydrogens is 717 g/mol. The van der Waals surface area contributed by atoms with Gasteiger partial charge < -0.3 is 14.4 Å². The fourth-order valence-electron chi connectivity index (χ4n) is 7.41. The van der Waals surface area contributed by atoms with E-state index in [0.29, 0.717) is 10.5 Å². The van der Waals surface area contributed by atoms with Crippen LogP contribution >= 0.6 is 39.1 Å². The zero-order chi connectivity index (χ0) is 33.6. The maximum Gasteiger partial charge on any atom is 0.301 e. The lowest BCUT2D eigenvalue weighted by atomic mass is 9.57. The molecule has 2 aliphatic heterocycles. The summed E-state index contributed by atoms with van der Waals surface area (Å²) in [6.45, 7) is -0.478. The number of anilines is 2. The Morgan fingerprint density at radius 3 is 2.20 bits per heavy atom. The van der Waals surface area contributed by atoms with E-state index in [2.05, 4.69) is 15.9 Å². The van der Waals surface area contributed by atoms with Gasteiger partial charge in [0.2, 0.25) is 11.8 Å². The van der Waals surface area contributed by atoms with Crippen molar-refractivity contribution in [3.8, 4) is 0 Å². The number of carbonyl (C=O) groups excluding carboxylic acids is 4. The number of imide groups is 2. The number of hydrogen-bond donors (Lipinski definition) is 1. The number of nitro groups is 2. The number of nitrogens with zero attached hydrogens (tertiary/aromatic N) is 5. The van der Waals surface area contributed by atoms with Crippen molar-refractivity contribution >= 4 is 85.5 Å². The van der Waals surface area contributed by atoms with E-state index in [9.17, 15) is 44.5 Å². The topological polar surface area (TPSA) is 198 Å². The van der Waals surface area contributed by atoms with Crippen molar-refractivity contribution in [2.24, 2.45) is 17.8 Å². The molecular formula is C28H24BrCl2N5O10. The monoisotopic (exact) mass is 739 g/mol. The first-order chi connectivity index (χ1) is 21.6. The number of alkyl halides is 3. The van der Waals surface area contributed by atoms with Crippen LogP contribution in [0.25, 0.3) is 0 Å². The van der Waals surface area contributed by atoms with Crippen LogP contribution in [0.1, 0.15) is 30.3 Å². The fraction of sp³-hybridized carbons (Fsp3) is 0.429. The number of benzene rings is 1. The van der Waals surface area contributed by atoms with E-state index >= 15 is 0 Å². The van der Waals surface area contributed by atoms with Crippen LogP contribution in [-0.4, -0.2) is 72.8 Å². The van der Waals surface area contributed by atoms with Gasteiger partial charge in [-0.15, -0.1) is 23.2 Å². The molecule has 2 aliphatic carbocycles. The number of nitro benzene ring substituents is 2. The largest absolute Gasteiger partial charge is 0.463 e. The molecule has 0 bridgehead atoms. The van der Waals surface area contributed by atoms with Gasteiger partial charge >= 0.3 is 11.4 Å². The molecule has 2 aromatic rings. The van der Waals surface area contributed by atoms with Crippen molar-refractivity contribution in [2.45, 2.75) is 35.1 Å². The SMILES string of the molecule is CN(C)c1c([N+](=O)[O-])cc(N2C(=O)C3CC=C4C(CC5(Cl)C(=O)N(CBr)C(=O)C5(Cl)C4c4ccc(CO)o4)C3C2=O)cc1[N+](=O)[O-]. The second kappa shape index (κ2) is 10.9. The van der Waals surface area contributed by atoms with Crippen molar-refractivity contribution in [1.82, 2.24) is 4.90 Å². The third-order valence-electron chi connectivity index (χ3n) is 9.29. The number of halogens is 3. The molecule has 3 heterocycles. The van der Waals surface area contributed by atoms with Crippen molar-refractivity contribution < 1.29 is 38.5 Å². The molecule has 1 aromatic carbocycles. The second-order valence-corrected chi connectivity index (χ2v) is 13.4. The first-order valence-electron chi connectivity index (χ1n) is 13.9. The number of aliphatic hydroxyl groups is 1. The summed E-state index contributed by atoms with van der Waals surface area (Å²) in [6, 6.07) is 4.83. The Labute approximate surface area is 278 Å². The van der Waals surface area contributed by atoms with E-state index < -0.39 is 84.9 Å². The lowest BCUT2D eigenvalue weighted by Crippen LogP contribution is -2.60. The van der Waals surface area contributed by atoms with Crippen LogP contribution in [0.4, 0.5) is 22.7 Å². The smallest absolute Gasteiger partial charge is 0.301 e. The van der Waals surface area contributed by atoms with Crippen LogP contribution in [0.3, 0.4) is 0 Å². The van der Waals surface area contributed by atoms with Gasteiger partial charge in [-0.1, -0.05) is 27.6 Å². The Balaban J connectivity index is 1.50. The lowest BCUT2D eigenvalue weighted by Gasteiger charge is -2.49. The predicted molar refractivity (Wildman–Crippen MR) is 165 cm³/mol. The molecule has 6 unspecified atom stereocenters. The number of amides is 4. The molecule has 0 spiro atoms. The fourth-order valence-corrected chi connectivity index (χ4v) is 8.82. The quantitative estimate of drug-likeness (QED) is 0.109. The van der Waals surface area contributed by atoms with Crippen LogP contribution in [0, 0.1) is 38.0 Å². The third-order valence-corrected chi connectivity index (χ3v) is 11.2. The molecule has 6 rings (SSSR count). The Kier molecular flexibility index (Phi) is 7.57. The van der Waals surface area contributed by atoms with E-state index in [-0.39, 0.29) is 41.2 Å². The molecule has 3 fully saturated rings. The van der Waals surface area contributed by atoms with E-state index in [1.54, 1.807) is 6.08 Å². The normalized spacial score (nSPS) is 30.3. The average molecular weight is 741 g/mol. The summed E-state index contributed by atoms with van der Waals surface area (Å²) in [5, 5.41) is 33.6. The van der Waals surface area contributed by atoms with Gasteiger partial charge in [-0.2, -0.15) is 0 Å². The van der Waals surface area contributed by atoms with Gasteiger partial charge in [-0.25, -0.2) is 4.90 Å². The highest BCUT2D eigenvalue weighted by molar-refractivity contribution is 9.09. The number of allylic oxidation sites excluding steroid dienone is 2. The summed E-state index contributed by atoms with van der Waals surface area (Å²) in [6.07, 6.45) is 1.31. The van der Waals surface area contributed by atoms with E-state index in [1.165, 1.54) is 31.1 Å². The number of likely N-dealkylation sites (tertiary alicyclic amines) is 1. The molecule has 4 aliphatic rings. The lowest BCUT2D eigenvalue weighted by molar-refractivity contribution is -0.392. The highest BCUT2D eigenvalue weighted by Crippen LogP contribution is 2.65. The molecule has 6 atom stereocenters. The van der Waals surface area contributed by atoms with E-state index in [1.807, 2.05) is 0 Å². The summed E-state index contributed by atoms with van der Waals surface area (Å²) in [7, 11) is 2.77. The summed E-state index contributed by atoms with van der Waals surface area (Å²) >= 11 is 17.4. The average Bonchev–Trinajstić information content (AvgIpc) is 3.62. The first kappa shape index (κ1) is 32.1. The van der Waals surface area contributed by atoms with Crippen LogP contribution in [0.2, 0.25) is 0 Å². The third kappa shape index (κ3) is 4.12. The second-order valence-electron chi connectivity index (χ2n) is 11.7. The molecule has 1 aromatic heterocycles. The van der Waals surface area contributed by atoms with Crippen LogP contribution in [0.5, 0.6) is 0 Å². The Bertz CT molecular complexity index is 1760. The van der Waals surface area contributed by atoms with Gasteiger partial charge in [0.1, 0.15) is 18.1 Å². The highest BCUT2D eigenvalue weighted by atomic mass is 79.9. The van der Waals surface area contributed by atoms with Gasteiger partial charge in [-0.05, 0) is 30.9 Å². The molecule has 4 amide bonds. The van der Waals surface area contributed by atoms with Gasteiger partial charge in [0.05, 0.1) is 38.7 Å². The number of hydrogen-bond acceptors (Lipinski definition) is 11. The van der Waals surface area contributed by atoms with Gasteiger partial charge in [0, 0.05) is 26.2 Å².